The molecule has 0 aliphatic carbocycles. The van der Waals surface area contributed by atoms with E-state index in [4.69, 9.17) is 11.6 Å². The van der Waals surface area contributed by atoms with E-state index in [0.29, 0.717) is 10.6 Å². The first-order valence-corrected chi connectivity index (χ1v) is 6.47. The molecule has 2 nitrogen and oxygen atoms in total. The first kappa shape index (κ1) is 13.0. The highest BCUT2D eigenvalue weighted by atomic mass is 127. The molecule has 0 radical (unpaired) electrons. The van der Waals surface area contributed by atoms with Crippen molar-refractivity contribution in [3.63, 3.8) is 0 Å². The van der Waals surface area contributed by atoms with Crippen LogP contribution in [0, 0.1) is 3.57 Å². The van der Waals surface area contributed by atoms with Crippen molar-refractivity contribution in [2.24, 2.45) is 0 Å². The molecule has 1 heterocycles. The van der Waals surface area contributed by atoms with E-state index >= 15 is 0 Å². The fraction of sp³-hybridized carbons (Fsp3) is 0.364. The summed E-state index contributed by atoms with van der Waals surface area (Å²) < 4.78 is 26.7. The van der Waals surface area contributed by atoms with Gasteiger partial charge in [0.05, 0.1) is 11.6 Å². The van der Waals surface area contributed by atoms with E-state index < -0.39 is 12.5 Å². The summed E-state index contributed by atoms with van der Waals surface area (Å²) in [7, 11) is 0. The highest BCUT2D eigenvalue weighted by molar-refractivity contribution is 14.1. The van der Waals surface area contributed by atoms with Crippen LogP contribution in [0.4, 0.5) is 8.78 Å². The van der Waals surface area contributed by atoms with Gasteiger partial charge in [0.1, 0.15) is 0 Å². The molecule has 17 heavy (non-hydrogen) atoms. The lowest BCUT2D eigenvalue weighted by atomic mass is 10.2. The van der Waals surface area contributed by atoms with Crippen molar-refractivity contribution in [1.82, 2.24) is 4.90 Å². The Morgan fingerprint density at radius 1 is 1.47 bits per heavy atom. The molecule has 0 spiro atoms. The van der Waals surface area contributed by atoms with Crippen LogP contribution in [0.5, 0.6) is 0 Å². The van der Waals surface area contributed by atoms with Crippen LogP contribution in [0.15, 0.2) is 18.2 Å². The van der Waals surface area contributed by atoms with Crippen molar-refractivity contribution in [1.29, 1.82) is 0 Å². The number of carbonyl (C=O) groups is 1. The predicted molar refractivity (Wildman–Crippen MR) is 69.6 cm³/mol. The maximum Gasteiger partial charge on any atom is 0.267 e. The zero-order valence-corrected chi connectivity index (χ0v) is 11.6. The number of likely N-dealkylation sites (tertiary alicyclic amines) is 1. The fourth-order valence-corrected chi connectivity index (χ4v) is 2.35. The standard InChI is InChI=1S/C11H9ClF2INO/c12-8-2-1-7(5-9(8)15)10(17)16-4-3-11(13,14)6-16/h1-2,5H,3-4,6H2. The molecule has 1 aliphatic rings. The lowest BCUT2D eigenvalue weighted by molar-refractivity contribution is 0.0120. The molecule has 0 saturated carbocycles. The van der Waals surface area contributed by atoms with Crippen LogP contribution in [-0.4, -0.2) is 29.8 Å². The molecule has 92 valence electrons. The van der Waals surface area contributed by atoms with Gasteiger partial charge < -0.3 is 4.90 Å². The third-order valence-corrected chi connectivity index (χ3v) is 4.16. The van der Waals surface area contributed by atoms with E-state index in [1.165, 1.54) is 4.90 Å². The van der Waals surface area contributed by atoms with Crippen molar-refractivity contribution in [2.75, 3.05) is 13.1 Å². The molecule has 1 aliphatic heterocycles. The van der Waals surface area contributed by atoms with Crippen LogP contribution in [-0.2, 0) is 0 Å². The summed E-state index contributed by atoms with van der Waals surface area (Å²) in [4.78, 5) is 13.1. The van der Waals surface area contributed by atoms with Gasteiger partial charge in [-0.2, -0.15) is 0 Å². The topological polar surface area (TPSA) is 20.3 Å². The Morgan fingerprint density at radius 2 is 2.18 bits per heavy atom. The minimum Gasteiger partial charge on any atom is -0.332 e. The lowest BCUT2D eigenvalue weighted by Gasteiger charge is -2.16. The Labute approximate surface area is 116 Å². The number of halogens is 4. The number of nitrogens with zero attached hydrogens (tertiary/aromatic N) is 1. The number of alkyl halides is 2. The summed E-state index contributed by atoms with van der Waals surface area (Å²) in [6.07, 6.45) is -0.260. The van der Waals surface area contributed by atoms with Gasteiger partial charge in [-0.1, -0.05) is 11.6 Å². The predicted octanol–water partition coefficient (Wildman–Crippen LogP) is 3.43. The van der Waals surface area contributed by atoms with Gasteiger partial charge in [-0.25, -0.2) is 8.78 Å². The Hall–Kier alpha value is -0.430. The van der Waals surface area contributed by atoms with Gasteiger partial charge in [-0.15, -0.1) is 0 Å². The highest BCUT2D eigenvalue weighted by Gasteiger charge is 2.40. The number of amides is 1. The van der Waals surface area contributed by atoms with Crippen LogP contribution in [0.25, 0.3) is 0 Å². The Kier molecular flexibility index (Phi) is 3.58. The number of hydrogen-bond acceptors (Lipinski definition) is 1. The third kappa shape index (κ3) is 2.88. The summed E-state index contributed by atoms with van der Waals surface area (Å²) in [5.41, 5.74) is 0.400. The molecule has 2 rings (SSSR count). The van der Waals surface area contributed by atoms with E-state index in [1.807, 2.05) is 22.6 Å². The van der Waals surface area contributed by atoms with E-state index in [1.54, 1.807) is 18.2 Å². The van der Waals surface area contributed by atoms with Gasteiger partial charge >= 0.3 is 0 Å². The van der Waals surface area contributed by atoms with E-state index in [0.717, 1.165) is 3.57 Å². The first-order valence-electron chi connectivity index (χ1n) is 5.01. The van der Waals surface area contributed by atoms with Crippen LogP contribution < -0.4 is 0 Å². The van der Waals surface area contributed by atoms with Crippen molar-refractivity contribution >= 4 is 40.1 Å². The van der Waals surface area contributed by atoms with E-state index in [2.05, 4.69) is 0 Å². The quantitative estimate of drug-likeness (QED) is 0.693. The van der Waals surface area contributed by atoms with Gasteiger partial charge in [-0.05, 0) is 40.8 Å². The molecule has 1 fully saturated rings. The maximum atomic E-state index is 13.0. The summed E-state index contributed by atoms with van der Waals surface area (Å²) in [6, 6.07) is 4.77. The molecule has 1 aromatic rings. The van der Waals surface area contributed by atoms with Gasteiger partial charge in [0, 0.05) is 22.1 Å². The number of hydrogen-bond donors (Lipinski definition) is 0. The summed E-state index contributed by atoms with van der Waals surface area (Å²) in [5, 5.41) is 0.550. The highest BCUT2D eigenvalue weighted by Crippen LogP contribution is 2.28. The monoisotopic (exact) mass is 371 g/mol. The van der Waals surface area contributed by atoms with Crippen molar-refractivity contribution in [2.45, 2.75) is 12.3 Å². The van der Waals surface area contributed by atoms with Crippen LogP contribution in [0.2, 0.25) is 5.02 Å². The molecule has 0 bridgehead atoms. The van der Waals surface area contributed by atoms with E-state index in [9.17, 15) is 13.6 Å². The average molecular weight is 372 g/mol. The fourth-order valence-electron chi connectivity index (χ4n) is 1.72. The third-order valence-electron chi connectivity index (χ3n) is 2.62. The molecule has 0 atom stereocenters. The van der Waals surface area contributed by atoms with Gasteiger partial charge in [0.15, 0.2) is 0 Å². The minimum absolute atomic E-state index is 0.102. The lowest BCUT2D eigenvalue weighted by Crippen LogP contribution is -2.31. The van der Waals surface area contributed by atoms with Crippen LogP contribution in [0.3, 0.4) is 0 Å². The minimum atomic E-state index is -2.75. The van der Waals surface area contributed by atoms with Crippen LogP contribution in [0.1, 0.15) is 16.8 Å². The maximum absolute atomic E-state index is 13.0. The second-order valence-electron chi connectivity index (χ2n) is 3.96. The molecular formula is C11H9ClF2INO. The van der Waals surface area contributed by atoms with E-state index in [-0.39, 0.29) is 18.9 Å². The van der Waals surface area contributed by atoms with Crippen LogP contribution >= 0.6 is 34.2 Å². The van der Waals surface area contributed by atoms with Crippen molar-refractivity contribution in [3.8, 4) is 0 Å². The van der Waals surface area contributed by atoms with Crippen molar-refractivity contribution < 1.29 is 13.6 Å². The number of benzene rings is 1. The Bertz CT molecular complexity index is 467. The molecular weight excluding hydrogens is 362 g/mol. The summed E-state index contributed by atoms with van der Waals surface area (Å²) >= 11 is 7.84. The molecule has 0 unspecified atom stereocenters. The van der Waals surface area contributed by atoms with Gasteiger partial charge in [0.2, 0.25) is 0 Å². The summed E-state index contributed by atoms with van der Waals surface area (Å²) in [6.45, 7) is -0.393. The van der Waals surface area contributed by atoms with Gasteiger partial charge in [0.25, 0.3) is 11.8 Å². The molecule has 0 N–H and O–H groups in total. The molecule has 1 saturated heterocycles. The Morgan fingerprint density at radius 3 is 2.71 bits per heavy atom. The molecule has 6 heteroatoms. The molecule has 0 aromatic heterocycles. The van der Waals surface area contributed by atoms with Crippen molar-refractivity contribution in [3.05, 3.63) is 32.4 Å². The second kappa shape index (κ2) is 4.68. The SMILES string of the molecule is O=C(c1ccc(Cl)c(I)c1)N1CCC(F)(F)C1. The number of rotatable bonds is 1. The Balaban J connectivity index is 2.18. The summed E-state index contributed by atoms with van der Waals surface area (Å²) in [5.74, 6) is -3.12. The zero-order valence-electron chi connectivity index (χ0n) is 8.72. The molecule has 1 aromatic carbocycles. The second-order valence-corrected chi connectivity index (χ2v) is 5.53. The zero-order chi connectivity index (χ0) is 12.6. The smallest absolute Gasteiger partial charge is 0.267 e. The first-order chi connectivity index (χ1) is 7.89. The van der Waals surface area contributed by atoms with Gasteiger partial charge in [-0.3, -0.25) is 4.79 Å². The molecule has 1 amide bonds. The largest absolute Gasteiger partial charge is 0.332 e. The normalized spacial score (nSPS) is 18.5. The average Bonchev–Trinajstić information content (AvgIpc) is 2.62. The number of carbonyl (C=O) groups excluding carboxylic acids is 1.